The molecule has 1 atom stereocenters. The second-order valence-corrected chi connectivity index (χ2v) is 4.81. The average Bonchev–Trinajstić information content (AvgIpc) is 2.31. The van der Waals surface area contributed by atoms with E-state index in [0.29, 0.717) is 21.7 Å². The van der Waals surface area contributed by atoms with Crippen LogP contribution >= 0.6 is 23.2 Å². The van der Waals surface area contributed by atoms with Gasteiger partial charge in [0.05, 0.1) is 10.0 Å². The van der Waals surface area contributed by atoms with Crippen molar-refractivity contribution in [1.29, 1.82) is 0 Å². The number of hydrogen-bond acceptors (Lipinski definition) is 4. The van der Waals surface area contributed by atoms with Gasteiger partial charge in [-0.25, -0.2) is 4.98 Å². The minimum atomic E-state index is -0.420. The first-order valence-electron chi connectivity index (χ1n) is 5.38. The fourth-order valence-electron chi connectivity index (χ4n) is 1.40. The number of pyridine rings is 1. The van der Waals surface area contributed by atoms with Crippen molar-refractivity contribution in [2.45, 2.75) is 13.0 Å². The molecule has 7 heteroatoms. The van der Waals surface area contributed by atoms with E-state index in [0.717, 1.165) is 0 Å². The minimum Gasteiger partial charge on any atom is -0.372 e. The van der Waals surface area contributed by atoms with E-state index in [4.69, 9.17) is 23.2 Å². The highest BCUT2D eigenvalue weighted by molar-refractivity contribution is 6.37. The van der Waals surface area contributed by atoms with Crippen molar-refractivity contribution in [2.24, 2.45) is 0 Å². The van der Waals surface area contributed by atoms with E-state index in [-0.39, 0.29) is 5.91 Å². The molecular formula is C11H16Cl2N4O. The molecule has 0 aliphatic heterocycles. The molecule has 5 nitrogen and oxygen atoms in total. The molecule has 0 radical (unpaired) electrons. The number of anilines is 2. The van der Waals surface area contributed by atoms with Crippen molar-refractivity contribution in [3.63, 3.8) is 0 Å². The number of carbonyl (C=O) groups is 1. The molecule has 1 aromatic rings. The largest absolute Gasteiger partial charge is 0.372 e. The smallest absolute Gasteiger partial charge is 0.244 e. The van der Waals surface area contributed by atoms with Gasteiger partial charge < -0.3 is 15.5 Å². The summed E-state index contributed by atoms with van der Waals surface area (Å²) in [5.41, 5.74) is 0. The van der Waals surface area contributed by atoms with Crippen molar-refractivity contribution in [3.8, 4) is 0 Å². The zero-order chi connectivity index (χ0) is 13.9. The monoisotopic (exact) mass is 290 g/mol. The lowest BCUT2D eigenvalue weighted by Gasteiger charge is -2.19. The lowest BCUT2D eigenvalue weighted by molar-refractivity contribution is -0.129. The van der Waals surface area contributed by atoms with Gasteiger partial charge in [0.25, 0.3) is 0 Å². The van der Waals surface area contributed by atoms with Crippen LogP contribution in [0.5, 0.6) is 0 Å². The Kier molecular flexibility index (Phi) is 5.04. The van der Waals surface area contributed by atoms with Crippen molar-refractivity contribution in [2.75, 3.05) is 31.8 Å². The number of halogens is 2. The Labute approximate surface area is 116 Å². The van der Waals surface area contributed by atoms with Crippen molar-refractivity contribution in [1.82, 2.24) is 9.88 Å². The summed E-state index contributed by atoms with van der Waals surface area (Å²) in [6.07, 6.45) is 0. The van der Waals surface area contributed by atoms with Crippen LogP contribution in [0.25, 0.3) is 0 Å². The van der Waals surface area contributed by atoms with Gasteiger partial charge in [0.1, 0.15) is 17.7 Å². The molecule has 1 amide bonds. The van der Waals surface area contributed by atoms with Gasteiger partial charge in [0.15, 0.2) is 0 Å². The number of likely N-dealkylation sites (N-methyl/N-ethyl adjacent to an activating group) is 1. The molecule has 1 aromatic heterocycles. The van der Waals surface area contributed by atoms with Crippen LogP contribution in [0.15, 0.2) is 6.07 Å². The van der Waals surface area contributed by atoms with Gasteiger partial charge in [-0.2, -0.15) is 0 Å². The van der Waals surface area contributed by atoms with Crippen molar-refractivity contribution >= 4 is 40.7 Å². The summed E-state index contributed by atoms with van der Waals surface area (Å²) in [7, 11) is 5.09. The summed E-state index contributed by atoms with van der Waals surface area (Å²) < 4.78 is 0. The first-order valence-corrected chi connectivity index (χ1v) is 6.14. The van der Waals surface area contributed by atoms with Crippen molar-refractivity contribution < 1.29 is 4.79 Å². The van der Waals surface area contributed by atoms with Gasteiger partial charge in [-0.3, -0.25) is 4.79 Å². The molecule has 0 aliphatic carbocycles. The van der Waals surface area contributed by atoms with Crippen LogP contribution in [0.2, 0.25) is 10.0 Å². The van der Waals surface area contributed by atoms with Gasteiger partial charge >= 0.3 is 0 Å². The van der Waals surface area contributed by atoms with Gasteiger partial charge in [0.2, 0.25) is 5.91 Å². The highest BCUT2D eigenvalue weighted by atomic mass is 35.5. The van der Waals surface area contributed by atoms with Crippen LogP contribution in [-0.4, -0.2) is 43.0 Å². The zero-order valence-electron chi connectivity index (χ0n) is 10.7. The second kappa shape index (κ2) is 6.11. The Hall–Kier alpha value is -1.20. The minimum absolute atomic E-state index is 0.0613. The maximum Gasteiger partial charge on any atom is 0.244 e. The van der Waals surface area contributed by atoms with Crippen LogP contribution in [0.4, 0.5) is 11.6 Å². The van der Waals surface area contributed by atoms with Crippen LogP contribution in [0.1, 0.15) is 6.92 Å². The van der Waals surface area contributed by atoms with E-state index in [2.05, 4.69) is 15.6 Å². The van der Waals surface area contributed by atoms with E-state index in [9.17, 15) is 4.79 Å². The van der Waals surface area contributed by atoms with Gasteiger partial charge in [-0.05, 0) is 13.0 Å². The van der Waals surface area contributed by atoms with Crippen LogP contribution < -0.4 is 10.6 Å². The Bertz CT molecular complexity index is 451. The number of carbonyl (C=O) groups excluding carboxylic acids is 1. The highest BCUT2D eigenvalue weighted by Gasteiger charge is 2.17. The van der Waals surface area contributed by atoms with E-state index in [1.807, 2.05) is 0 Å². The first kappa shape index (κ1) is 14.9. The molecule has 0 aromatic carbocycles. The second-order valence-electron chi connectivity index (χ2n) is 4.00. The Balaban J connectivity index is 2.94. The molecule has 0 spiro atoms. The molecule has 1 unspecified atom stereocenters. The van der Waals surface area contributed by atoms with Crippen LogP contribution in [0, 0.1) is 0 Å². The standard InChI is InChI=1S/C11H16Cl2N4O/c1-6(11(18)17(3)4)15-10-8(13)5-7(12)9(14-2)16-10/h5-6H,1-4H3,(H2,14,15,16). The summed E-state index contributed by atoms with van der Waals surface area (Å²) in [5.74, 6) is 0.870. The predicted octanol–water partition coefficient (Wildman–Crippen LogP) is 2.32. The van der Waals surface area contributed by atoms with E-state index in [1.54, 1.807) is 34.1 Å². The number of hydrogen-bond donors (Lipinski definition) is 2. The normalized spacial score (nSPS) is 11.9. The number of aromatic nitrogens is 1. The van der Waals surface area contributed by atoms with Crippen molar-refractivity contribution in [3.05, 3.63) is 16.1 Å². The molecule has 0 aliphatic rings. The SMILES string of the molecule is CNc1nc(NC(C)C(=O)N(C)C)c(Cl)cc1Cl. The fraction of sp³-hybridized carbons (Fsp3) is 0.455. The van der Waals surface area contributed by atoms with Gasteiger partial charge in [-0.15, -0.1) is 0 Å². The third kappa shape index (κ3) is 3.40. The van der Waals surface area contributed by atoms with E-state index < -0.39 is 6.04 Å². The summed E-state index contributed by atoms with van der Waals surface area (Å²) >= 11 is 12.0. The van der Waals surface area contributed by atoms with Crippen LogP contribution in [-0.2, 0) is 4.79 Å². The number of amides is 1. The Morgan fingerprint density at radius 1 is 1.33 bits per heavy atom. The molecule has 0 bridgehead atoms. The van der Waals surface area contributed by atoms with E-state index in [1.165, 1.54) is 4.90 Å². The highest BCUT2D eigenvalue weighted by Crippen LogP contribution is 2.29. The van der Waals surface area contributed by atoms with Crippen LogP contribution in [0.3, 0.4) is 0 Å². The topological polar surface area (TPSA) is 57.3 Å². The molecule has 0 fully saturated rings. The molecule has 1 rings (SSSR count). The number of nitrogens with one attached hydrogen (secondary N) is 2. The quantitative estimate of drug-likeness (QED) is 0.894. The molecule has 1 heterocycles. The molecule has 0 saturated heterocycles. The first-order chi connectivity index (χ1) is 8.36. The third-order valence-corrected chi connectivity index (χ3v) is 2.91. The summed E-state index contributed by atoms with van der Waals surface area (Å²) in [4.78, 5) is 17.4. The fourth-order valence-corrected chi connectivity index (χ4v) is 1.90. The lowest BCUT2D eigenvalue weighted by atomic mass is 10.3. The maximum absolute atomic E-state index is 11.7. The molecule has 18 heavy (non-hydrogen) atoms. The zero-order valence-corrected chi connectivity index (χ0v) is 12.2. The lowest BCUT2D eigenvalue weighted by Crippen LogP contribution is -2.36. The summed E-state index contributed by atoms with van der Waals surface area (Å²) in [5, 5.41) is 6.61. The predicted molar refractivity (Wildman–Crippen MR) is 75.6 cm³/mol. The summed E-state index contributed by atoms with van der Waals surface area (Å²) in [6, 6.07) is 1.16. The molecular weight excluding hydrogens is 275 g/mol. The number of rotatable bonds is 4. The van der Waals surface area contributed by atoms with Gasteiger partial charge in [0, 0.05) is 21.1 Å². The molecule has 100 valence electrons. The Morgan fingerprint density at radius 3 is 2.39 bits per heavy atom. The Morgan fingerprint density at radius 2 is 1.89 bits per heavy atom. The van der Waals surface area contributed by atoms with Gasteiger partial charge in [-0.1, -0.05) is 23.2 Å². The molecule has 0 saturated carbocycles. The van der Waals surface area contributed by atoms with E-state index >= 15 is 0 Å². The average molecular weight is 291 g/mol. The third-order valence-electron chi connectivity index (χ3n) is 2.33. The molecule has 2 N–H and O–H groups in total. The summed E-state index contributed by atoms with van der Waals surface area (Å²) in [6.45, 7) is 1.74. The maximum atomic E-state index is 11.7. The number of nitrogens with zero attached hydrogens (tertiary/aromatic N) is 2.